The molecular weight excluding hydrogens is 207 g/mol. The van der Waals surface area contributed by atoms with Crippen molar-refractivity contribution in [1.82, 2.24) is 0 Å². The molecule has 4 heteroatoms. The number of anilines is 2. The number of rotatable bonds is 7. The quantitative estimate of drug-likeness (QED) is 0.555. The van der Waals surface area contributed by atoms with Crippen molar-refractivity contribution >= 4 is 11.4 Å². The van der Waals surface area contributed by atoms with Gasteiger partial charge >= 0.3 is 0 Å². The fraction of sp³-hybridized carbons (Fsp3) is 0.500. The normalized spacial score (nSPS) is 10.4. The maximum Gasteiger partial charge on any atom is 0.127 e. The fourth-order valence-electron chi connectivity index (χ4n) is 1.37. The molecule has 0 aliphatic heterocycles. The lowest BCUT2D eigenvalue weighted by atomic mass is 10.2. The molecule has 0 amide bonds. The first-order valence-electron chi connectivity index (χ1n) is 5.60. The second kappa shape index (κ2) is 7.06. The molecule has 0 saturated carbocycles. The van der Waals surface area contributed by atoms with Gasteiger partial charge in [-0.3, -0.25) is 0 Å². The maximum absolute atomic E-state index is 13.0. The molecular formula is C12H19FN2O. The number of halogens is 1. The molecule has 0 fully saturated rings. The van der Waals surface area contributed by atoms with Crippen LogP contribution in [0.25, 0.3) is 0 Å². The molecule has 0 heterocycles. The Morgan fingerprint density at radius 3 is 2.81 bits per heavy atom. The zero-order valence-corrected chi connectivity index (χ0v) is 9.63. The lowest BCUT2D eigenvalue weighted by Gasteiger charge is -2.07. The highest BCUT2D eigenvalue weighted by Crippen LogP contribution is 2.15. The van der Waals surface area contributed by atoms with Gasteiger partial charge in [-0.2, -0.15) is 0 Å². The molecule has 1 aromatic carbocycles. The van der Waals surface area contributed by atoms with Gasteiger partial charge in [0, 0.05) is 31.1 Å². The summed E-state index contributed by atoms with van der Waals surface area (Å²) in [4.78, 5) is 0. The van der Waals surface area contributed by atoms with Crippen LogP contribution in [0.15, 0.2) is 18.2 Å². The first-order chi connectivity index (χ1) is 7.72. The monoisotopic (exact) mass is 226 g/mol. The SMILES string of the molecule is CCCOCCCNc1cc(N)cc(F)c1. The zero-order valence-electron chi connectivity index (χ0n) is 9.63. The minimum atomic E-state index is -0.315. The molecule has 0 saturated heterocycles. The van der Waals surface area contributed by atoms with Gasteiger partial charge in [0.25, 0.3) is 0 Å². The molecule has 1 rings (SSSR count). The molecule has 0 aliphatic carbocycles. The molecule has 16 heavy (non-hydrogen) atoms. The summed E-state index contributed by atoms with van der Waals surface area (Å²) in [7, 11) is 0. The Bertz CT molecular complexity index is 298. The predicted molar refractivity (Wildman–Crippen MR) is 65.0 cm³/mol. The van der Waals surface area contributed by atoms with Crippen LogP contribution in [0.4, 0.5) is 15.8 Å². The molecule has 0 aliphatic rings. The van der Waals surface area contributed by atoms with Crippen LogP contribution in [-0.4, -0.2) is 19.8 Å². The molecule has 0 radical (unpaired) electrons. The predicted octanol–water partition coefficient (Wildman–Crippen LogP) is 2.64. The third kappa shape index (κ3) is 4.98. The van der Waals surface area contributed by atoms with Crippen LogP contribution in [0.3, 0.4) is 0 Å². The van der Waals surface area contributed by atoms with Crippen molar-refractivity contribution in [1.29, 1.82) is 0 Å². The molecule has 0 spiro atoms. The zero-order chi connectivity index (χ0) is 11.8. The molecule has 0 atom stereocenters. The number of ether oxygens (including phenoxy) is 1. The van der Waals surface area contributed by atoms with Crippen LogP contribution in [0.2, 0.25) is 0 Å². The summed E-state index contributed by atoms with van der Waals surface area (Å²) in [6.45, 7) is 4.36. The largest absolute Gasteiger partial charge is 0.399 e. The summed E-state index contributed by atoms with van der Waals surface area (Å²) in [5.74, 6) is -0.315. The van der Waals surface area contributed by atoms with E-state index < -0.39 is 0 Å². The molecule has 3 N–H and O–H groups in total. The highest BCUT2D eigenvalue weighted by molar-refractivity contribution is 5.54. The van der Waals surface area contributed by atoms with Crippen molar-refractivity contribution < 1.29 is 9.13 Å². The van der Waals surface area contributed by atoms with Crippen LogP contribution in [0, 0.1) is 5.82 Å². The van der Waals surface area contributed by atoms with Crippen molar-refractivity contribution in [3.63, 3.8) is 0 Å². The van der Waals surface area contributed by atoms with Gasteiger partial charge in [-0.05, 0) is 31.0 Å². The van der Waals surface area contributed by atoms with E-state index in [4.69, 9.17) is 10.5 Å². The van der Waals surface area contributed by atoms with E-state index in [2.05, 4.69) is 12.2 Å². The number of hydrogen-bond acceptors (Lipinski definition) is 3. The van der Waals surface area contributed by atoms with Crippen LogP contribution >= 0.6 is 0 Å². The highest BCUT2D eigenvalue weighted by atomic mass is 19.1. The van der Waals surface area contributed by atoms with Gasteiger partial charge in [0.1, 0.15) is 5.82 Å². The van der Waals surface area contributed by atoms with E-state index >= 15 is 0 Å². The Balaban J connectivity index is 2.21. The van der Waals surface area contributed by atoms with Crippen LogP contribution in [-0.2, 0) is 4.74 Å². The van der Waals surface area contributed by atoms with E-state index in [1.54, 1.807) is 6.07 Å². The lowest BCUT2D eigenvalue weighted by Crippen LogP contribution is -2.06. The molecule has 3 nitrogen and oxygen atoms in total. The van der Waals surface area contributed by atoms with Crippen molar-refractivity contribution in [2.24, 2.45) is 0 Å². The van der Waals surface area contributed by atoms with Gasteiger partial charge < -0.3 is 15.8 Å². The first kappa shape index (κ1) is 12.8. The van der Waals surface area contributed by atoms with Crippen molar-refractivity contribution in [2.75, 3.05) is 30.8 Å². The average Bonchev–Trinajstić information content (AvgIpc) is 2.22. The summed E-state index contributed by atoms with van der Waals surface area (Å²) < 4.78 is 18.3. The Labute approximate surface area is 95.8 Å². The standard InChI is InChI=1S/C12H19FN2O/c1-2-5-16-6-3-4-15-12-8-10(13)7-11(14)9-12/h7-9,15H,2-6,14H2,1H3. The van der Waals surface area contributed by atoms with E-state index in [0.717, 1.165) is 32.6 Å². The lowest BCUT2D eigenvalue weighted by molar-refractivity contribution is 0.134. The van der Waals surface area contributed by atoms with Gasteiger partial charge in [0.2, 0.25) is 0 Å². The second-order valence-corrected chi connectivity index (χ2v) is 3.67. The number of nitrogens with two attached hydrogens (primary N) is 1. The van der Waals surface area contributed by atoms with Crippen LogP contribution in [0.1, 0.15) is 19.8 Å². The van der Waals surface area contributed by atoms with E-state index in [1.165, 1.54) is 12.1 Å². The minimum absolute atomic E-state index is 0.315. The molecule has 0 bridgehead atoms. The number of benzene rings is 1. The summed E-state index contributed by atoms with van der Waals surface area (Å²) in [5, 5.41) is 3.10. The van der Waals surface area contributed by atoms with E-state index in [9.17, 15) is 4.39 Å². The maximum atomic E-state index is 13.0. The Morgan fingerprint density at radius 1 is 1.31 bits per heavy atom. The van der Waals surface area contributed by atoms with Gasteiger partial charge in [0.05, 0.1) is 0 Å². The topological polar surface area (TPSA) is 47.3 Å². The van der Waals surface area contributed by atoms with E-state index in [-0.39, 0.29) is 5.82 Å². The van der Waals surface area contributed by atoms with Crippen LogP contribution in [0.5, 0.6) is 0 Å². The summed E-state index contributed by atoms with van der Waals surface area (Å²) >= 11 is 0. The van der Waals surface area contributed by atoms with Gasteiger partial charge in [-0.1, -0.05) is 6.92 Å². The first-order valence-corrected chi connectivity index (χ1v) is 5.60. The average molecular weight is 226 g/mol. The minimum Gasteiger partial charge on any atom is -0.399 e. The molecule has 0 unspecified atom stereocenters. The number of hydrogen-bond donors (Lipinski definition) is 2. The Hall–Kier alpha value is -1.29. The van der Waals surface area contributed by atoms with Crippen molar-refractivity contribution in [2.45, 2.75) is 19.8 Å². The summed E-state index contributed by atoms with van der Waals surface area (Å²) in [5.41, 5.74) is 6.68. The molecule has 1 aromatic rings. The second-order valence-electron chi connectivity index (χ2n) is 3.67. The summed E-state index contributed by atoms with van der Waals surface area (Å²) in [6.07, 6.45) is 1.93. The molecule has 90 valence electrons. The molecule has 0 aromatic heterocycles. The van der Waals surface area contributed by atoms with E-state index in [1.807, 2.05) is 0 Å². The Kier molecular flexibility index (Phi) is 5.64. The highest BCUT2D eigenvalue weighted by Gasteiger charge is 1.97. The van der Waals surface area contributed by atoms with Crippen molar-refractivity contribution in [3.8, 4) is 0 Å². The number of nitrogens with one attached hydrogen (secondary N) is 1. The fourth-order valence-corrected chi connectivity index (χ4v) is 1.37. The van der Waals surface area contributed by atoms with Crippen molar-refractivity contribution in [3.05, 3.63) is 24.0 Å². The van der Waals surface area contributed by atoms with Crippen LogP contribution < -0.4 is 11.1 Å². The van der Waals surface area contributed by atoms with E-state index in [0.29, 0.717) is 11.4 Å². The number of nitrogen functional groups attached to an aromatic ring is 1. The Morgan fingerprint density at radius 2 is 2.12 bits per heavy atom. The summed E-state index contributed by atoms with van der Waals surface area (Å²) in [6, 6.07) is 4.45. The third-order valence-corrected chi connectivity index (χ3v) is 2.06. The smallest absolute Gasteiger partial charge is 0.127 e. The van der Waals surface area contributed by atoms with Gasteiger partial charge in [-0.15, -0.1) is 0 Å². The van der Waals surface area contributed by atoms with Gasteiger partial charge in [0.15, 0.2) is 0 Å². The van der Waals surface area contributed by atoms with Gasteiger partial charge in [-0.25, -0.2) is 4.39 Å². The third-order valence-electron chi connectivity index (χ3n) is 2.06.